The third-order valence-electron chi connectivity index (χ3n) is 3.82. The maximum atomic E-state index is 6.03. The van der Waals surface area contributed by atoms with Crippen molar-refractivity contribution in [2.45, 2.75) is 45.6 Å². The molecule has 0 aromatic carbocycles. The number of guanidine groups is 1. The normalized spacial score (nSPS) is 33.2. The van der Waals surface area contributed by atoms with Crippen LogP contribution >= 0.6 is 0 Å². The number of nitrogens with two attached hydrogens (primary N) is 1. The second-order valence-electron chi connectivity index (χ2n) is 5.13. The van der Waals surface area contributed by atoms with Gasteiger partial charge in [0.05, 0.1) is 6.04 Å². The van der Waals surface area contributed by atoms with Crippen LogP contribution in [0, 0.1) is 11.8 Å². The van der Waals surface area contributed by atoms with Crippen molar-refractivity contribution in [2.24, 2.45) is 22.6 Å². The molecular weight excluding hydrogens is 186 g/mol. The number of rotatable bonds is 2. The molecule has 1 aliphatic heterocycles. The second kappa shape index (κ2) is 4.42. The van der Waals surface area contributed by atoms with E-state index in [0.717, 1.165) is 30.9 Å². The number of likely N-dealkylation sites (tertiary alicyclic amines) is 1. The predicted octanol–water partition coefficient (Wildman–Crippen LogP) is 1.83. The Morgan fingerprint density at radius 1 is 1.40 bits per heavy atom. The minimum Gasteiger partial charge on any atom is -0.370 e. The summed E-state index contributed by atoms with van der Waals surface area (Å²) >= 11 is 0. The fourth-order valence-electron chi connectivity index (χ4n) is 2.32. The molecule has 0 aromatic rings. The third-order valence-corrected chi connectivity index (χ3v) is 3.82. The number of hydrogen-bond acceptors (Lipinski definition) is 1. The highest BCUT2D eigenvalue weighted by molar-refractivity contribution is 5.78. The van der Waals surface area contributed by atoms with Crippen molar-refractivity contribution in [3.05, 3.63) is 0 Å². The van der Waals surface area contributed by atoms with Crippen LogP contribution in [0.4, 0.5) is 0 Å². The van der Waals surface area contributed by atoms with Gasteiger partial charge in [-0.05, 0) is 31.1 Å². The largest absolute Gasteiger partial charge is 0.370 e. The van der Waals surface area contributed by atoms with E-state index in [-0.39, 0.29) is 0 Å². The van der Waals surface area contributed by atoms with Gasteiger partial charge >= 0.3 is 0 Å². The first-order valence-electron chi connectivity index (χ1n) is 6.29. The average Bonchev–Trinajstić information content (AvgIpc) is 2.97. The molecule has 1 saturated carbocycles. The molecule has 1 aliphatic carbocycles. The molecule has 0 radical (unpaired) electrons. The Morgan fingerprint density at radius 2 is 2.07 bits per heavy atom. The summed E-state index contributed by atoms with van der Waals surface area (Å²) in [5, 5.41) is 0. The van der Waals surface area contributed by atoms with E-state index in [1.165, 1.54) is 25.7 Å². The van der Waals surface area contributed by atoms with Gasteiger partial charge in [0.1, 0.15) is 0 Å². The first-order chi connectivity index (χ1) is 7.20. The molecule has 1 heterocycles. The van der Waals surface area contributed by atoms with Crippen molar-refractivity contribution in [1.29, 1.82) is 0 Å². The van der Waals surface area contributed by atoms with Gasteiger partial charge in [-0.2, -0.15) is 0 Å². The van der Waals surface area contributed by atoms with Crippen LogP contribution < -0.4 is 5.73 Å². The van der Waals surface area contributed by atoms with Gasteiger partial charge in [0.15, 0.2) is 5.96 Å². The van der Waals surface area contributed by atoms with Crippen LogP contribution in [0.2, 0.25) is 0 Å². The van der Waals surface area contributed by atoms with Crippen molar-refractivity contribution in [3.8, 4) is 0 Å². The zero-order chi connectivity index (χ0) is 10.8. The lowest BCUT2D eigenvalue weighted by Crippen LogP contribution is -2.42. The monoisotopic (exact) mass is 209 g/mol. The summed E-state index contributed by atoms with van der Waals surface area (Å²) in [5.74, 6) is 2.47. The lowest BCUT2D eigenvalue weighted by atomic mass is 10.00. The highest BCUT2D eigenvalue weighted by atomic mass is 15.3. The highest BCUT2D eigenvalue weighted by Gasteiger charge is 2.35. The van der Waals surface area contributed by atoms with Crippen molar-refractivity contribution in [3.63, 3.8) is 0 Å². The quantitative estimate of drug-likeness (QED) is 0.557. The minimum absolute atomic E-state index is 0.536. The molecule has 0 bridgehead atoms. The van der Waals surface area contributed by atoms with Gasteiger partial charge in [0.25, 0.3) is 0 Å². The van der Waals surface area contributed by atoms with Crippen LogP contribution in [0.3, 0.4) is 0 Å². The van der Waals surface area contributed by atoms with Crippen molar-refractivity contribution in [1.82, 2.24) is 4.90 Å². The van der Waals surface area contributed by atoms with Crippen LogP contribution in [0.5, 0.6) is 0 Å². The SMILES string of the molecule is CC[C@@H]1C[C@H]1N=C(N)N1CCC(C)CC1. The molecule has 86 valence electrons. The molecule has 3 nitrogen and oxygen atoms in total. The molecule has 1 saturated heterocycles. The Balaban J connectivity index is 1.83. The van der Waals surface area contributed by atoms with Crippen LogP contribution in [-0.2, 0) is 0 Å². The third kappa shape index (κ3) is 2.64. The standard InChI is InChI=1S/C12H23N3/c1-3-10-8-11(10)14-12(13)15-6-4-9(2)5-7-15/h9-11H,3-8H2,1-2H3,(H2,13,14)/t10-,11-/m1/s1. The van der Waals surface area contributed by atoms with Crippen molar-refractivity contribution in [2.75, 3.05) is 13.1 Å². The molecular formula is C12H23N3. The Kier molecular flexibility index (Phi) is 3.17. The number of piperidine rings is 1. The van der Waals surface area contributed by atoms with Gasteiger partial charge in [0, 0.05) is 13.1 Å². The van der Waals surface area contributed by atoms with Crippen LogP contribution in [0.25, 0.3) is 0 Å². The zero-order valence-corrected chi connectivity index (χ0v) is 9.95. The van der Waals surface area contributed by atoms with E-state index >= 15 is 0 Å². The van der Waals surface area contributed by atoms with Crippen LogP contribution in [-0.4, -0.2) is 30.0 Å². The molecule has 15 heavy (non-hydrogen) atoms. The second-order valence-corrected chi connectivity index (χ2v) is 5.13. The zero-order valence-electron chi connectivity index (χ0n) is 9.95. The summed E-state index contributed by atoms with van der Waals surface area (Å²) in [7, 11) is 0. The maximum absolute atomic E-state index is 6.03. The van der Waals surface area contributed by atoms with Gasteiger partial charge in [-0.15, -0.1) is 0 Å². The lowest BCUT2D eigenvalue weighted by Gasteiger charge is -2.31. The van der Waals surface area contributed by atoms with E-state index in [1.54, 1.807) is 0 Å². The molecule has 0 unspecified atom stereocenters. The Bertz CT molecular complexity index is 241. The highest BCUT2D eigenvalue weighted by Crippen LogP contribution is 2.36. The molecule has 0 amide bonds. The van der Waals surface area contributed by atoms with Gasteiger partial charge in [-0.1, -0.05) is 20.3 Å². The first-order valence-corrected chi connectivity index (χ1v) is 6.29. The van der Waals surface area contributed by atoms with E-state index in [1.807, 2.05) is 0 Å². The number of nitrogens with zero attached hydrogens (tertiary/aromatic N) is 2. The van der Waals surface area contributed by atoms with Gasteiger partial charge in [0.2, 0.25) is 0 Å². The van der Waals surface area contributed by atoms with E-state index in [9.17, 15) is 0 Å². The molecule has 2 atom stereocenters. The molecule has 2 rings (SSSR count). The molecule has 2 aliphatic rings. The summed E-state index contributed by atoms with van der Waals surface area (Å²) < 4.78 is 0. The molecule has 0 spiro atoms. The van der Waals surface area contributed by atoms with E-state index in [4.69, 9.17) is 5.73 Å². The van der Waals surface area contributed by atoms with Crippen LogP contribution in [0.1, 0.15) is 39.5 Å². The average molecular weight is 209 g/mol. The maximum Gasteiger partial charge on any atom is 0.191 e. The molecule has 3 heteroatoms. The fraction of sp³-hybridized carbons (Fsp3) is 0.917. The van der Waals surface area contributed by atoms with E-state index in [2.05, 4.69) is 23.7 Å². The van der Waals surface area contributed by atoms with E-state index < -0.39 is 0 Å². The van der Waals surface area contributed by atoms with Crippen LogP contribution in [0.15, 0.2) is 4.99 Å². The van der Waals surface area contributed by atoms with Gasteiger partial charge in [-0.3, -0.25) is 0 Å². The Hall–Kier alpha value is -0.730. The van der Waals surface area contributed by atoms with Crippen molar-refractivity contribution >= 4 is 5.96 Å². The predicted molar refractivity (Wildman–Crippen MR) is 63.8 cm³/mol. The minimum atomic E-state index is 0.536. The molecule has 0 aromatic heterocycles. The summed E-state index contributed by atoms with van der Waals surface area (Å²) in [6.07, 6.45) is 5.02. The fourth-order valence-corrected chi connectivity index (χ4v) is 2.32. The number of hydrogen-bond donors (Lipinski definition) is 1. The lowest BCUT2D eigenvalue weighted by molar-refractivity contribution is 0.277. The smallest absolute Gasteiger partial charge is 0.191 e. The molecule has 2 N–H and O–H groups in total. The first kappa shape index (κ1) is 10.8. The molecule has 2 fully saturated rings. The summed E-state index contributed by atoms with van der Waals surface area (Å²) in [6, 6.07) is 0.536. The van der Waals surface area contributed by atoms with E-state index in [0.29, 0.717) is 6.04 Å². The Morgan fingerprint density at radius 3 is 2.60 bits per heavy atom. The van der Waals surface area contributed by atoms with Crippen molar-refractivity contribution < 1.29 is 0 Å². The summed E-state index contributed by atoms with van der Waals surface area (Å²) in [5.41, 5.74) is 6.03. The topological polar surface area (TPSA) is 41.6 Å². The Labute approximate surface area is 92.7 Å². The summed E-state index contributed by atoms with van der Waals surface area (Å²) in [6.45, 7) is 6.75. The summed E-state index contributed by atoms with van der Waals surface area (Å²) in [4.78, 5) is 6.86. The van der Waals surface area contributed by atoms with Gasteiger partial charge < -0.3 is 10.6 Å². The van der Waals surface area contributed by atoms with Gasteiger partial charge in [-0.25, -0.2) is 4.99 Å². The number of aliphatic imine (C=N–C) groups is 1.